The molecule has 0 spiro atoms. The van der Waals surface area contributed by atoms with Gasteiger partial charge >= 0.3 is 11.8 Å². The summed E-state index contributed by atoms with van der Waals surface area (Å²) < 4.78 is 12.7. The number of rotatable bonds is 5. The molecule has 0 unspecified atom stereocenters. The molecule has 1 aliphatic carbocycles. The zero-order valence-electron chi connectivity index (χ0n) is 20.5. The van der Waals surface area contributed by atoms with Crippen molar-refractivity contribution in [3.8, 4) is 0 Å². The zero-order chi connectivity index (χ0) is 24.3. The highest BCUT2D eigenvalue weighted by Crippen LogP contribution is 2.29. The Morgan fingerprint density at radius 1 is 1.26 bits per heavy atom. The summed E-state index contributed by atoms with van der Waals surface area (Å²) in [5.41, 5.74) is 2.37. The fraction of sp³-hybridized carbons (Fsp3) is 0.600. The predicted molar refractivity (Wildman–Crippen MR) is 132 cm³/mol. The second-order valence-electron chi connectivity index (χ2n) is 10.1. The van der Waals surface area contributed by atoms with Crippen LogP contribution in [0.5, 0.6) is 0 Å². The molecule has 1 aliphatic heterocycles. The van der Waals surface area contributed by atoms with Crippen LogP contribution in [0.15, 0.2) is 32.7 Å². The standard InChI is InChI=1S/C25H34N4O4S/c1-17-15-29(19-10-12-28(13-11-19)24(31)32-25(2,3)4)23(30)26-22(17)34-16-20-14-21(27-33-20)18-8-6-5-7-9-18/h8,14-15,19H,5-7,9-13,16H2,1-4H3. The van der Waals surface area contributed by atoms with Gasteiger partial charge in [-0.15, -0.1) is 0 Å². The lowest BCUT2D eigenvalue weighted by molar-refractivity contribution is 0.0187. The third kappa shape index (κ3) is 6.11. The van der Waals surface area contributed by atoms with Crippen molar-refractivity contribution in [2.24, 2.45) is 0 Å². The van der Waals surface area contributed by atoms with Crippen LogP contribution in [0.2, 0.25) is 0 Å². The number of ether oxygens (including phenoxy) is 1. The molecule has 9 heteroatoms. The molecule has 0 bridgehead atoms. The predicted octanol–water partition coefficient (Wildman–Crippen LogP) is 5.36. The van der Waals surface area contributed by atoms with E-state index in [9.17, 15) is 9.59 Å². The van der Waals surface area contributed by atoms with Crippen LogP contribution >= 0.6 is 11.8 Å². The van der Waals surface area contributed by atoms with Crippen molar-refractivity contribution in [1.82, 2.24) is 19.6 Å². The molecule has 0 atom stereocenters. The van der Waals surface area contributed by atoms with Gasteiger partial charge in [0.15, 0.2) is 0 Å². The second kappa shape index (κ2) is 10.4. The summed E-state index contributed by atoms with van der Waals surface area (Å²) in [6, 6.07) is 2.02. The number of aryl methyl sites for hydroxylation is 1. The molecule has 2 aliphatic rings. The molecular formula is C25H34N4O4S. The number of carbonyl (C=O) groups excluding carboxylic acids is 1. The van der Waals surface area contributed by atoms with Gasteiger partial charge in [0.05, 0.1) is 5.75 Å². The largest absolute Gasteiger partial charge is 0.444 e. The Bertz CT molecular complexity index is 1110. The average molecular weight is 487 g/mol. The number of nitrogens with zero attached hydrogens (tertiary/aromatic N) is 4. The summed E-state index contributed by atoms with van der Waals surface area (Å²) in [4.78, 5) is 31.2. The molecule has 184 valence electrons. The van der Waals surface area contributed by atoms with Gasteiger partial charge in [0.2, 0.25) is 0 Å². The van der Waals surface area contributed by atoms with E-state index in [-0.39, 0.29) is 17.8 Å². The lowest BCUT2D eigenvalue weighted by Crippen LogP contribution is -2.43. The number of likely N-dealkylation sites (tertiary alicyclic amines) is 1. The normalized spacial score (nSPS) is 17.5. The van der Waals surface area contributed by atoms with Crippen LogP contribution in [0.25, 0.3) is 5.57 Å². The summed E-state index contributed by atoms with van der Waals surface area (Å²) in [6.45, 7) is 8.68. The minimum absolute atomic E-state index is 0.0250. The molecule has 1 saturated heterocycles. The van der Waals surface area contributed by atoms with E-state index in [0.717, 1.165) is 29.9 Å². The van der Waals surface area contributed by atoms with Crippen molar-refractivity contribution >= 4 is 23.4 Å². The molecule has 1 fully saturated rings. The monoisotopic (exact) mass is 486 g/mol. The van der Waals surface area contributed by atoms with Crippen molar-refractivity contribution in [2.45, 2.75) is 88.6 Å². The highest BCUT2D eigenvalue weighted by atomic mass is 32.2. The van der Waals surface area contributed by atoms with Crippen molar-refractivity contribution in [2.75, 3.05) is 13.1 Å². The van der Waals surface area contributed by atoms with Crippen molar-refractivity contribution in [1.29, 1.82) is 0 Å². The van der Waals surface area contributed by atoms with Gasteiger partial charge in [-0.25, -0.2) is 9.59 Å². The third-order valence-electron chi connectivity index (χ3n) is 6.13. The molecule has 3 heterocycles. The fourth-order valence-corrected chi connectivity index (χ4v) is 5.19. The van der Waals surface area contributed by atoms with E-state index in [1.165, 1.54) is 30.2 Å². The number of piperidine rings is 1. The number of amides is 1. The van der Waals surface area contributed by atoms with Crippen molar-refractivity contribution in [3.63, 3.8) is 0 Å². The number of carbonyl (C=O) groups is 1. The lowest BCUT2D eigenvalue weighted by Gasteiger charge is -2.34. The van der Waals surface area contributed by atoms with E-state index in [1.54, 1.807) is 9.47 Å². The average Bonchev–Trinajstić information content (AvgIpc) is 3.28. The second-order valence-corrected chi connectivity index (χ2v) is 11.0. The maximum atomic E-state index is 12.8. The molecule has 2 aromatic rings. The van der Waals surface area contributed by atoms with E-state index < -0.39 is 5.60 Å². The minimum Gasteiger partial charge on any atom is -0.444 e. The van der Waals surface area contributed by atoms with Gasteiger partial charge in [-0.1, -0.05) is 23.0 Å². The summed E-state index contributed by atoms with van der Waals surface area (Å²) in [5, 5.41) is 4.94. The summed E-state index contributed by atoms with van der Waals surface area (Å²) in [6.07, 6.45) is 9.83. The van der Waals surface area contributed by atoms with Crippen molar-refractivity contribution < 1.29 is 14.1 Å². The Kier molecular flexibility index (Phi) is 7.50. The van der Waals surface area contributed by atoms with E-state index in [2.05, 4.69) is 16.2 Å². The maximum Gasteiger partial charge on any atom is 0.410 e. The van der Waals surface area contributed by atoms with E-state index in [4.69, 9.17) is 9.26 Å². The molecule has 4 rings (SSSR count). The quantitative estimate of drug-likeness (QED) is 0.415. The first kappa shape index (κ1) is 24.6. The molecule has 1 amide bonds. The van der Waals surface area contributed by atoms with E-state index >= 15 is 0 Å². The molecule has 8 nitrogen and oxygen atoms in total. The van der Waals surface area contributed by atoms with Crippen LogP contribution in [0, 0.1) is 6.92 Å². The Labute approximate surface area is 204 Å². The molecule has 0 saturated carbocycles. The summed E-state index contributed by atoms with van der Waals surface area (Å²) in [7, 11) is 0. The van der Waals surface area contributed by atoms with E-state index in [1.807, 2.05) is 40.0 Å². The maximum absolute atomic E-state index is 12.8. The van der Waals surface area contributed by atoms with Gasteiger partial charge in [0.25, 0.3) is 0 Å². The molecule has 0 radical (unpaired) electrons. The van der Waals surface area contributed by atoms with Gasteiger partial charge in [0.1, 0.15) is 22.1 Å². The van der Waals surface area contributed by atoms with Gasteiger partial charge in [-0.3, -0.25) is 4.57 Å². The van der Waals surface area contributed by atoms with Crippen LogP contribution in [0.4, 0.5) is 4.79 Å². The number of allylic oxidation sites excluding steroid dienone is 2. The van der Waals surface area contributed by atoms with Gasteiger partial charge < -0.3 is 14.2 Å². The van der Waals surface area contributed by atoms with Gasteiger partial charge in [-0.05, 0) is 77.4 Å². The Balaban J connectivity index is 1.35. The first-order chi connectivity index (χ1) is 16.2. The number of hydrogen-bond donors (Lipinski definition) is 0. The molecular weight excluding hydrogens is 452 g/mol. The third-order valence-corrected chi connectivity index (χ3v) is 7.24. The SMILES string of the molecule is Cc1cn(C2CCN(C(=O)OC(C)(C)C)CC2)c(=O)nc1SCc1cc(C2=CCCCC2)no1. The van der Waals surface area contributed by atoms with Crippen LogP contribution in [0.3, 0.4) is 0 Å². The molecule has 0 aromatic carbocycles. The van der Waals surface area contributed by atoms with Crippen molar-refractivity contribution in [3.05, 3.63) is 45.8 Å². The van der Waals surface area contributed by atoms with Gasteiger partial charge in [0, 0.05) is 31.4 Å². The Morgan fingerprint density at radius 2 is 2.03 bits per heavy atom. The fourth-order valence-electron chi connectivity index (χ4n) is 4.36. The highest BCUT2D eigenvalue weighted by molar-refractivity contribution is 7.98. The lowest BCUT2D eigenvalue weighted by atomic mass is 9.97. The first-order valence-corrected chi connectivity index (χ1v) is 13.0. The molecule has 0 N–H and O–H groups in total. The Morgan fingerprint density at radius 3 is 2.71 bits per heavy atom. The smallest absolute Gasteiger partial charge is 0.410 e. The number of thioether (sulfide) groups is 1. The van der Waals surface area contributed by atoms with Crippen LogP contribution < -0.4 is 5.69 Å². The minimum atomic E-state index is -0.514. The molecule has 2 aromatic heterocycles. The van der Waals surface area contributed by atoms with Gasteiger partial charge in [-0.2, -0.15) is 4.98 Å². The summed E-state index contributed by atoms with van der Waals surface area (Å²) in [5.74, 6) is 1.36. The summed E-state index contributed by atoms with van der Waals surface area (Å²) >= 11 is 1.49. The van der Waals surface area contributed by atoms with Crippen LogP contribution in [0.1, 0.15) is 82.4 Å². The topological polar surface area (TPSA) is 90.5 Å². The van der Waals surface area contributed by atoms with Crippen LogP contribution in [-0.4, -0.2) is 44.4 Å². The Hall–Kier alpha value is -2.55. The first-order valence-electron chi connectivity index (χ1n) is 12.0. The number of aromatic nitrogens is 3. The zero-order valence-corrected chi connectivity index (χ0v) is 21.3. The number of hydrogen-bond acceptors (Lipinski definition) is 7. The van der Waals surface area contributed by atoms with E-state index in [0.29, 0.717) is 36.7 Å². The molecule has 34 heavy (non-hydrogen) atoms. The highest BCUT2D eigenvalue weighted by Gasteiger charge is 2.28. The van der Waals surface area contributed by atoms with Crippen LogP contribution in [-0.2, 0) is 10.5 Å².